The Hall–Kier alpha value is -5.95. The number of pyridine rings is 1. The van der Waals surface area contributed by atoms with Crippen LogP contribution in [-0.4, -0.2) is 27.8 Å². The molecule has 0 saturated carbocycles. The largest absolute Gasteiger partial charge is 0 e. The van der Waals surface area contributed by atoms with Gasteiger partial charge in [0.25, 0.3) is 0 Å². The molecule has 0 aliphatic heterocycles. The van der Waals surface area contributed by atoms with Crippen LogP contribution in [0.25, 0.3) is 92.6 Å². The van der Waals surface area contributed by atoms with Crippen molar-refractivity contribution in [3.63, 3.8) is 0 Å². The van der Waals surface area contributed by atoms with Crippen molar-refractivity contribution in [2.45, 2.75) is 103 Å². The van der Waals surface area contributed by atoms with Crippen LogP contribution in [0, 0.1) is 12.1 Å². The van der Waals surface area contributed by atoms with Gasteiger partial charge in [0.1, 0.15) is 0 Å². The van der Waals surface area contributed by atoms with Crippen molar-refractivity contribution < 1.29 is 21.5 Å². The number of aromatic nitrogens is 3. The molecular formula is C68H67GeIrN3S-2. The molecule has 0 saturated heterocycles. The molecule has 11 rings (SSSR count). The first kappa shape index (κ1) is 51.5. The van der Waals surface area contributed by atoms with Crippen LogP contribution in [0.4, 0.5) is 0 Å². The maximum atomic E-state index is 8.61. The minimum atomic E-state index is -2.09. The first-order chi connectivity index (χ1) is 35.3. The molecule has 3 nitrogen and oxygen atoms in total. The molecule has 0 aliphatic rings. The molecule has 0 unspecified atom stereocenters. The number of fused-ring (bicyclic) bond motifs is 5. The zero-order valence-corrected chi connectivity index (χ0v) is 50.2. The summed E-state index contributed by atoms with van der Waals surface area (Å²) < 4.78 is 14.9. The van der Waals surface area contributed by atoms with Gasteiger partial charge in [0.15, 0.2) is 0 Å². The molecule has 3 heterocycles. The second kappa shape index (κ2) is 21.4. The van der Waals surface area contributed by atoms with Gasteiger partial charge in [-0.2, -0.15) is 11.3 Å². The third-order valence-corrected chi connectivity index (χ3v) is 19.7. The summed E-state index contributed by atoms with van der Waals surface area (Å²) in [4.78, 5) is 10.2. The Balaban J connectivity index is 0.000000232. The number of hydrogen-bond donors (Lipinski definition) is 0. The first-order valence-corrected chi connectivity index (χ1v) is 34.0. The van der Waals surface area contributed by atoms with Gasteiger partial charge in [0, 0.05) is 30.5 Å². The van der Waals surface area contributed by atoms with Gasteiger partial charge >= 0.3 is 143 Å². The summed E-state index contributed by atoms with van der Waals surface area (Å²) in [5.74, 6) is 8.06. The van der Waals surface area contributed by atoms with Crippen molar-refractivity contribution in [1.29, 1.82) is 0 Å². The summed E-state index contributed by atoms with van der Waals surface area (Å²) in [5.41, 5.74) is 16.5. The van der Waals surface area contributed by atoms with Gasteiger partial charge in [0.05, 0.1) is 16.9 Å². The molecule has 1 radical (unpaired) electrons. The fourth-order valence-corrected chi connectivity index (χ4v) is 14.7. The number of imidazole rings is 1. The van der Waals surface area contributed by atoms with Crippen molar-refractivity contribution in [1.82, 2.24) is 14.5 Å². The van der Waals surface area contributed by atoms with Gasteiger partial charge in [-0.25, -0.2) is 0 Å². The number of benzene rings is 8. The SMILES string of the molecule is CC(C)c1cc(C(C)(C)C)cc(C(C)C)c1-n1c(-c2[c-]ccc3c2sc2ccc(-c4cccc(-c5ccccc5)c4)cc23)nc2ccccc21.[2H]C(C)(C)c1cc(-c2[c-]ccc3ccccc23)nc[c]1[Ge]([CH3])([CH3])[CH3].[Ir]. The van der Waals surface area contributed by atoms with E-state index >= 15 is 0 Å². The first-order valence-electron chi connectivity index (χ1n) is 26.4. The average molecular weight is 1220 g/mol. The summed E-state index contributed by atoms with van der Waals surface area (Å²) in [5, 5.41) is 4.86. The van der Waals surface area contributed by atoms with Crippen molar-refractivity contribution in [2.75, 3.05) is 0 Å². The van der Waals surface area contributed by atoms with E-state index in [0.717, 1.165) is 44.6 Å². The molecule has 0 N–H and O–H groups in total. The third kappa shape index (κ3) is 10.4. The van der Waals surface area contributed by atoms with Gasteiger partial charge in [-0.15, -0.1) is 18.2 Å². The molecular weight excluding hydrogens is 1160 g/mol. The number of rotatable bonds is 9. The molecule has 0 spiro atoms. The Bertz CT molecular complexity index is 3830. The van der Waals surface area contributed by atoms with Crippen LogP contribution in [0.5, 0.6) is 0 Å². The second-order valence-corrected chi connectivity index (χ2v) is 34.1. The Morgan fingerprint density at radius 2 is 1.22 bits per heavy atom. The van der Waals surface area contributed by atoms with Crippen molar-refractivity contribution in [2.24, 2.45) is 0 Å². The van der Waals surface area contributed by atoms with E-state index in [-0.39, 0.29) is 25.5 Å². The van der Waals surface area contributed by atoms with Crippen molar-refractivity contribution in [3.05, 3.63) is 204 Å². The van der Waals surface area contributed by atoms with E-state index in [9.17, 15) is 0 Å². The molecule has 6 heteroatoms. The number of hydrogen-bond acceptors (Lipinski definition) is 3. The molecule has 0 fully saturated rings. The van der Waals surface area contributed by atoms with E-state index in [1.165, 1.54) is 74.6 Å². The normalized spacial score (nSPS) is 12.4. The summed E-state index contributed by atoms with van der Waals surface area (Å²) >= 11 is -0.246. The van der Waals surface area contributed by atoms with Crippen LogP contribution in [0.3, 0.4) is 0 Å². The van der Waals surface area contributed by atoms with Crippen LogP contribution in [0.15, 0.2) is 170 Å². The molecule has 11 aromatic rings. The molecule has 0 aliphatic carbocycles. The Morgan fingerprint density at radius 1 is 0.595 bits per heavy atom. The molecule has 74 heavy (non-hydrogen) atoms. The quantitative estimate of drug-likeness (QED) is 0.107. The summed E-state index contributed by atoms with van der Waals surface area (Å²) in [7, 11) is 0. The van der Waals surface area contributed by atoms with Crippen LogP contribution >= 0.6 is 11.3 Å². The van der Waals surface area contributed by atoms with Crippen molar-refractivity contribution in [3.8, 4) is 50.6 Å². The van der Waals surface area contributed by atoms with Crippen molar-refractivity contribution >= 4 is 71.0 Å². The minimum absolute atomic E-state index is 0. The number of para-hydroxylation sites is 2. The smallest absolute Gasteiger partial charge is 0 e. The van der Waals surface area contributed by atoms with E-state index in [1.54, 1.807) is 0 Å². The zero-order chi connectivity index (χ0) is 52.3. The van der Waals surface area contributed by atoms with Gasteiger partial charge in [-0.05, 0) is 96.6 Å². The van der Waals surface area contributed by atoms with E-state index in [1.807, 2.05) is 49.6 Å². The summed E-state index contributed by atoms with van der Waals surface area (Å²) in [6, 6.07) is 65.7. The molecule has 0 bridgehead atoms. The molecule has 0 atom stereocenters. The van der Waals surface area contributed by atoms with E-state index in [2.05, 4.69) is 228 Å². The van der Waals surface area contributed by atoms with Crippen LogP contribution < -0.4 is 4.40 Å². The van der Waals surface area contributed by atoms with E-state index in [0.29, 0.717) is 11.8 Å². The van der Waals surface area contributed by atoms with Crippen LogP contribution in [0.2, 0.25) is 17.3 Å². The maximum absolute atomic E-state index is 8.61. The Morgan fingerprint density at radius 3 is 1.91 bits per heavy atom. The predicted molar refractivity (Wildman–Crippen MR) is 319 cm³/mol. The Kier molecular flexibility index (Phi) is 14.9. The van der Waals surface area contributed by atoms with Gasteiger partial charge in [-0.1, -0.05) is 138 Å². The zero-order valence-electron chi connectivity index (χ0n) is 45.9. The molecule has 0 amide bonds. The van der Waals surface area contributed by atoms with E-state index in [4.69, 9.17) is 11.3 Å². The van der Waals surface area contributed by atoms with Gasteiger partial charge in [-0.3, -0.25) is 4.98 Å². The summed E-state index contributed by atoms with van der Waals surface area (Å²) in [6.07, 6.45) is 2.02. The number of nitrogens with zero attached hydrogens (tertiary/aromatic N) is 3. The van der Waals surface area contributed by atoms with E-state index < -0.39 is 19.2 Å². The summed E-state index contributed by atoms with van der Waals surface area (Å²) in [6.45, 7) is 20.2. The second-order valence-electron chi connectivity index (χ2n) is 22.5. The fraction of sp³-hybridized carbons (Fsp3) is 0.235. The topological polar surface area (TPSA) is 30.7 Å². The monoisotopic (exact) mass is 1230 g/mol. The third-order valence-electron chi connectivity index (χ3n) is 14.2. The van der Waals surface area contributed by atoms with Gasteiger partial charge < -0.3 is 4.57 Å². The predicted octanol–water partition coefficient (Wildman–Crippen LogP) is 19.1. The molecule has 8 aromatic carbocycles. The molecule has 3 aromatic heterocycles. The minimum Gasteiger partial charge on any atom is 0 e. The standard InChI is InChI=1S/C47H43N2S.C21H24GeN.Ir/c1-29(2)38-27-35(47(5,6)7)28-39(30(3)4)44(38)49-42-22-12-11-21-41(42)48-46(49)37-20-14-19-36-40-26-34(23-24-43(40)50-45(36)37)33-18-13-17-32(25-33)31-15-9-8-10-16-31;1-15(2)19-13-21(23-14-20(19)22(3,4)5)18-12-8-10-16-9-6-7-11-17(16)18;/h8-19,21-30H,1-7H3;6-11,13-15H,1-5H3;/q2*-1;/i;15D;. The van der Waals surface area contributed by atoms with Crippen LogP contribution in [-0.2, 0) is 25.5 Å². The number of thiophene rings is 1. The fourth-order valence-electron chi connectivity index (χ4n) is 10.2. The Labute approximate surface area is 461 Å². The van der Waals surface area contributed by atoms with Gasteiger partial charge in [0.2, 0.25) is 0 Å². The molecule has 375 valence electrons. The average Bonchev–Trinajstić information content (AvgIpc) is 3.98. The maximum Gasteiger partial charge on any atom is 0 e. The van der Waals surface area contributed by atoms with Crippen LogP contribution in [0.1, 0.15) is 104 Å².